The topological polar surface area (TPSA) is 54.0 Å². The van der Waals surface area contributed by atoms with Crippen molar-refractivity contribution >= 4 is 5.91 Å². The van der Waals surface area contributed by atoms with Crippen molar-refractivity contribution in [2.75, 3.05) is 13.1 Å². The van der Waals surface area contributed by atoms with Crippen LogP contribution in [-0.2, 0) is 0 Å². The summed E-state index contributed by atoms with van der Waals surface area (Å²) < 4.78 is 0. The van der Waals surface area contributed by atoms with Gasteiger partial charge >= 0.3 is 0 Å². The van der Waals surface area contributed by atoms with Gasteiger partial charge in [0.25, 0.3) is 5.91 Å². The fraction of sp³-hybridized carbons (Fsp3) is 0.368. The van der Waals surface area contributed by atoms with E-state index in [1.807, 2.05) is 6.07 Å². The van der Waals surface area contributed by atoms with Crippen molar-refractivity contribution in [2.45, 2.75) is 26.3 Å². The Labute approximate surface area is 137 Å². The van der Waals surface area contributed by atoms with Crippen LogP contribution in [0.5, 0.6) is 0 Å². The van der Waals surface area contributed by atoms with Crippen LogP contribution in [0.1, 0.15) is 29.3 Å². The van der Waals surface area contributed by atoms with Crippen molar-refractivity contribution in [2.24, 2.45) is 5.92 Å². The number of benzene rings is 1. The van der Waals surface area contributed by atoms with E-state index in [4.69, 9.17) is 0 Å². The molecule has 2 heterocycles. The number of rotatable bonds is 3. The summed E-state index contributed by atoms with van der Waals surface area (Å²) in [5.74, 6) is 0.408. The number of hydrogen-bond donors (Lipinski definition) is 2. The van der Waals surface area contributed by atoms with Crippen molar-refractivity contribution in [3.05, 3.63) is 53.9 Å². The Hall–Kier alpha value is -2.20. The van der Waals surface area contributed by atoms with Crippen molar-refractivity contribution in [3.63, 3.8) is 0 Å². The Morgan fingerprint density at radius 3 is 2.74 bits per heavy atom. The second-order valence-electron chi connectivity index (χ2n) is 6.38. The molecule has 1 aliphatic heterocycles. The lowest BCUT2D eigenvalue weighted by Crippen LogP contribution is -2.48. The number of amides is 1. The van der Waals surface area contributed by atoms with Gasteiger partial charge in [-0.05, 0) is 44.0 Å². The van der Waals surface area contributed by atoms with Gasteiger partial charge in [0, 0.05) is 24.0 Å². The minimum Gasteiger partial charge on any atom is -0.349 e. The standard InChI is InChI=1S/C19H23N3O/c1-13-3-5-15(6-4-13)16-9-17(12-21-11-16)19(23)22-18-7-8-20-10-14(18)2/h3-6,9,11-12,14,18,20H,7-8,10H2,1-2H3,(H,22,23). The first-order valence-electron chi connectivity index (χ1n) is 8.17. The molecule has 0 aliphatic carbocycles. The first kappa shape index (κ1) is 15.7. The van der Waals surface area contributed by atoms with Crippen molar-refractivity contribution in [3.8, 4) is 11.1 Å². The van der Waals surface area contributed by atoms with Gasteiger partial charge in [0.15, 0.2) is 0 Å². The fourth-order valence-corrected chi connectivity index (χ4v) is 2.95. The Kier molecular flexibility index (Phi) is 4.72. The summed E-state index contributed by atoms with van der Waals surface area (Å²) >= 11 is 0. The van der Waals surface area contributed by atoms with Crippen molar-refractivity contribution in [1.82, 2.24) is 15.6 Å². The predicted octanol–water partition coefficient (Wildman–Crippen LogP) is 2.78. The molecular formula is C19H23N3O. The third kappa shape index (κ3) is 3.77. The highest BCUT2D eigenvalue weighted by molar-refractivity contribution is 5.95. The highest BCUT2D eigenvalue weighted by Crippen LogP contribution is 2.20. The number of pyridine rings is 1. The third-order valence-corrected chi connectivity index (χ3v) is 4.49. The molecule has 23 heavy (non-hydrogen) atoms. The maximum atomic E-state index is 12.5. The Morgan fingerprint density at radius 1 is 1.22 bits per heavy atom. The molecule has 0 bridgehead atoms. The Bertz CT molecular complexity index is 681. The molecule has 2 atom stereocenters. The average Bonchev–Trinajstić information content (AvgIpc) is 2.58. The number of hydrogen-bond acceptors (Lipinski definition) is 3. The van der Waals surface area contributed by atoms with Crippen molar-refractivity contribution < 1.29 is 4.79 Å². The summed E-state index contributed by atoms with van der Waals surface area (Å²) in [5.41, 5.74) is 3.88. The molecule has 0 spiro atoms. The molecule has 1 fully saturated rings. The van der Waals surface area contributed by atoms with E-state index in [1.54, 1.807) is 12.4 Å². The van der Waals surface area contributed by atoms with E-state index < -0.39 is 0 Å². The number of carbonyl (C=O) groups is 1. The van der Waals surface area contributed by atoms with Crippen LogP contribution < -0.4 is 10.6 Å². The number of carbonyl (C=O) groups excluding carboxylic acids is 1. The van der Waals surface area contributed by atoms with E-state index in [0.29, 0.717) is 11.5 Å². The number of piperidine rings is 1. The largest absolute Gasteiger partial charge is 0.349 e. The number of aromatic nitrogens is 1. The smallest absolute Gasteiger partial charge is 0.253 e. The zero-order valence-electron chi connectivity index (χ0n) is 13.7. The van der Waals surface area contributed by atoms with E-state index in [-0.39, 0.29) is 11.9 Å². The summed E-state index contributed by atoms with van der Waals surface area (Å²) in [6, 6.07) is 10.4. The maximum absolute atomic E-state index is 12.5. The zero-order valence-corrected chi connectivity index (χ0v) is 13.7. The van der Waals surface area contributed by atoms with Crippen molar-refractivity contribution in [1.29, 1.82) is 0 Å². The lowest BCUT2D eigenvalue weighted by molar-refractivity contribution is 0.0914. The summed E-state index contributed by atoms with van der Waals surface area (Å²) in [6.45, 7) is 6.13. The summed E-state index contributed by atoms with van der Waals surface area (Å²) in [7, 11) is 0. The molecule has 0 saturated carbocycles. The lowest BCUT2D eigenvalue weighted by Gasteiger charge is -2.30. The van der Waals surface area contributed by atoms with Crippen LogP contribution in [0.3, 0.4) is 0 Å². The monoisotopic (exact) mass is 309 g/mol. The number of nitrogens with one attached hydrogen (secondary N) is 2. The maximum Gasteiger partial charge on any atom is 0.253 e. The molecule has 3 rings (SSSR count). The van der Waals surface area contributed by atoms with Gasteiger partial charge in [0.05, 0.1) is 5.56 Å². The Balaban J connectivity index is 1.76. The van der Waals surface area contributed by atoms with Crippen LogP contribution in [0.25, 0.3) is 11.1 Å². The van der Waals surface area contributed by atoms with Gasteiger partial charge in [-0.2, -0.15) is 0 Å². The highest BCUT2D eigenvalue weighted by atomic mass is 16.1. The fourth-order valence-electron chi connectivity index (χ4n) is 2.95. The van der Waals surface area contributed by atoms with Crippen LogP contribution in [0.4, 0.5) is 0 Å². The van der Waals surface area contributed by atoms with E-state index in [2.05, 4.69) is 53.7 Å². The summed E-state index contributed by atoms with van der Waals surface area (Å²) in [5, 5.41) is 6.50. The molecule has 120 valence electrons. The van der Waals surface area contributed by atoms with Crippen LogP contribution in [-0.4, -0.2) is 30.0 Å². The molecule has 2 N–H and O–H groups in total. The van der Waals surface area contributed by atoms with Gasteiger partial charge in [-0.25, -0.2) is 0 Å². The lowest BCUT2D eigenvalue weighted by atomic mass is 9.95. The zero-order chi connectivity index (χ0) is 16.2. The number of nitrogens with zero attached hydrogens (tertiary/aromatic N) is 1. The highest BCUT2D eigenvalue weighted by Gasteiger charge is 2.23. The molecule has 1 aromatic carbocycles. The summed E-state index contributed by atoms with van der Waals surface area (Å²) in [6.07, 6.45) is 4.41. The number of aryl methyl sites for hydroxylation is 1. The molecule has 1 aromatic heterocycles. The van der Waals surface area contributed by atoms with Crippen LogP contribution in [0.2, 0.25) is 0 Å². The molecule has 2 unspecified atom stereocenters. The molecule has 0 radical (unpaired) electrons. The third-order valence-electron chi connectivity index (χ3n) is 4.49. The average molecular weight is 309 g/mol. The minimum absolute atomic E-state index is 0.0368. The quantitative estimate of drug-likeness (QED) is 0.916. The van der Waals surface area contributed by atoms with Gasteiger partial charge in [0.2, 0.25) is 0 Å². The first-order valence-corrected chi connectivity index (χ1v) is 8.17. The molecular weight excluding hydrogens is 286 g/mol. The molecule has 1 saturated heterocycles. The van der Waals surface area contributed by atoms with Gasteiger partial charge in [-0.3, -0.25) is 9.78 Å². The predicted molar refractivity (Wildman–Crippen MR) is 92.3 cm³/mol. The van der Waals surface area contributed by atoms with E-state index in [1.165, 1.54) is 5.56 Å². The van der Waals surface area contributed by atoms with Gasteiger partial charge in [0.1, 0.15) is 0 Å². The second kappa shape index (κ2) is 6.92. The van der Waals surface area contributed by atoms with Gasteiger partial charge in [-0.1, -0.05) is 36.8 Å². The Morgan fingerprint density at radius 2 is 2.00 bits per heavy atom. The van der Waals surface area contributed by atoms with Crippen LogP contribution >= 0.6 is 0 Å². The second-order valence-corrected chi connectivity index (χ2v) is 6.38. The molecule has 1 amide bonds. The normalized spacial score (nSPS) is 21.0. The van der Waals surface area contributed by atoms with Crippen LogP contribution in [0.15, 0.2) is 42.7 Å². The van der Waals surface area contributed by atoms with E-state index in [0.717, 1.165) is 30.6 Å². The molecule has 4 nitrogen and oxygen atoms in total. The minimum atomic E-state index is -0.0368. The SMILES string of the molecule is Cc1ccc(-c2cncc(C(=O)NC3CCNCC3C)c2)cc1. The molecule has 1 aliphatic rings. The van der Waals surface area contributed by atoms with E-state index >= 15 is 0 Å². The van der Waals surface area contributed by atoms with Crippen LogP contribution in [0, 0.1) is 12.8 Å². The van der Waals surface area contributed by atoms with Gasteiger partial charge in [-0.15, -0.1) is 0 Å². The summed E-state index contributed by atoms with van der Waals surface area (Å²) in [4.78, 5) is 16.8. The molecule has 4 heteroatoms. The van der Waals surface area contributed by atoms with Gasteiger partial charge < -0.3 is 10.6 Å². The van der Waals surface area contributed by atoms with E-state index in [9.17, 15) is 4.79 Å². The molecule has 2 aromatic rings. The first-order chi connectivity index (χ1) is 11.1.